The number of aliphatic carboxylic acids is 1. The number of carboxylic acid groups (broad SMARTS) is 1. The highest BCUT2D eigenvalue weighted by atomic mass is 16.5. The van der Waals surface area contributed by atoms with Gasteiger partial charge < -0.3 is 15.2 Å². The zero-order chi connectivity index (χ0) is 15.1. The van der Waals surface area contributed by atoms with Crippen LogP contribution in [0.15, 0.2) is 12.3 Å². The van der Waals surface area contributed by atoms with E-state index in [1.165, 1.54) is 10.9 Å². The van der Waals surface area contributed by atoms with Crippen LogP contribution in [0.2, 0.25) is 0 Å². The third-order valence-corrected chi connectivity index (χ3v) is 3.56. The molecule has 1 aromatic rings. The molecule has 2 N–H and O–H groups in total. The number of anilines is 1. The molecule has 2 rings (SSSR count). The summed E-state index contributed by atoms with van der Waals surface area (Å²) in [7, 11) is 0. The Bertz CT molecular complexity index is 480. The third kappa shape index (κ3) is 5.55. The van der Waals surface area contributed by atoms with Crippen molar-refractivity contribution in [1.29, 1.82) is 0 Å². The number of aromatic nitrogens is 2. The molecule has 1 saturated heterocycles. The lowest BCUT2D eigenvalue weighted by Gasteiger charge is -2.21. The standard InChI is InChI=1S/C14H21N3O4/c18-13(3-1-2-11-5-8-21-9-6-11)15-12-4-7-17(16-12)10-14(19)20/h4,7,11H,1-3,5-6,8-10H2,(H,19,20)(H,15,16,18). The quantitative estimate of drug-likeness (QED) is 0.795. The molecule has 1 aliphatic rings. The summed E-state index contributed by atoms with van der Waals surface area (Å²) in [5, 5.41) is 15.3. The van der Waals surface area contributed by atoms with Gasteiger partial charge in [-0.25, -0.2) is 0 Å². The second-order valence-electron chi connectivity index (χ2n) is 5.29. The van der Waals surface area contributed by atoms with Crippen molar-refractivity contribution in [3.05, 3.63) is 12.3 Å². The van der Waals surface area contributed by atoms with E-state index in [1.54, 1.807) is 6.07 Å². The number of carbonyl (C=O) groups is 2. The van der Waals surface area contributed by atoms with Gasteiger partial charge in [-0.3, -0.25) is 14.3 Å². The summed E-state index contributed by atoms with van der Waals surface area (Å²) in [6, 6.07) is 1.60. The number of hydrogen-bond donors (Lipinski definition) is 2. The fourth-order valence-corrected chi connectivity index (χ4v) is 2.45. The second-order valence-corrected chi connectivity index (χ2v) is 5.29. The first-order valence-corrected chi connectivity index (χ1v) is 7.26. The van der Waals surface area contributed by atoms with Crippen molar-refractivity contribution in [2.75, 3.05) is 18.5 Å². The first-order chi connectivity index (χ1) is 10.1. The van der Waals surface area contributed by atoms with E-state index in [2.05, 4.69) is 10.4 Å². The third-order valence-electron chi connectivity index (χ3n) is 3.56. The van der Waals surface area contributed by atoms with Gasteiger partial charge in [0.05, 0.1) is 0 Å². The highest BCUT2D eigenvalue weighted by molar-refractivity contribution is 5.89. The number of hydrogen-bond acceptors (Lipinski definition) is 4. The van der Waals surface area contributed by atoms with Crippen LogP contribution < -0.4 is 5.32 Å². The Balaban J connectivity index is 1.66. The molecule has 0 aliphatic carbocycles. The Morgan fingerprint density at radius 3 is 2.90 bits per heavy atom. The molecule has 0 unspecified atom stereocenters. The molecule has 21 heavy (non-hydrogen) atoms. The molecule has 1 aromatic heterocycles. The Kier molecular flexibility index (Phi) is 5.74. The maximum Gasteiger partial charge on any atom is 0.325 e. The number of ether oxygens (including phenoxy) is 1. The SMILES string of the molecule is O=C(O)Cn1ccc(NC(=O)CCCC2CCOCC2)n1. The molecule has 1 aliphatic heterocycles. The van der Waals surface area contributed by atoms with Gasteiger partial charge in [-0.1, -0.05) is 0 Å². The van der Waals surface area contributed by atoms with Crippen molar-refractivity contribution in [1.82, 2.24) is 9.78 Å². The number of rotatable bonds is 7. The fraction of sp³-hybridized carbons (Fsp3) is 0.643. The average molecular weight is 295 g/mol. The van der Waals surface area contributed by atoms with E-state index in [-0.39, 0.29) is 12.5 Å². The van der Waals surface area contributed by atoms with E-state index in [4.69, 9.17) is 9.84 Å². The Labute approximate surface area is 123 Å². The highest BCUT2D eigenvalue weighted by Gasteiger charge is 2.14. The van der Waals surface area contributed by atoms with Crippen LogP contribution in [-0.2, 0) is 20.9 Å². The van der Waals surface area contributed by atoms with Gasteiger partial charge in [0.25, 0.3) is 0 Å². The highest BCUT2D eigenvalue weighted by Crippen LogP contribution is 2.20. The minimum absolute atomic E-state index is 0.0809. The number of carbonyl (C=O) groups excluding carboxylic acids is 1. The summed E-state index contributed by atoms with van der Waals surface area (Å²) in [5.41, 5.74) is 0. The number of nitrogens with one attached hydrogen (secondary N) is 1. The van der Waals surface area contributed by atoms with Gasteiger partial charge in [0.2, 0.25) is 5.91 Å². The summed E-state index contributed by atoms with van der Waals surface area (Å²) >= 11 is 0. The largest absolute Gasteiger partial charge is 0.480 e. The molecule has 2 heterocycles. The van der Waals surface area contributed by atoms with Gasteiger partial charge in [0.15, 0.2) is 5.82 Å². The summed E-state index contributed by atoms with van der Waals surface area (Å²) < 4.78 is 6.58. The van der Waals surface area contributed by atoms with Crippen LogP contribution in [-0.4, -0.2) is 40.0 Å². The van der Waals surface area contributed by atoms with Crippen LogP contribution >= 0.6 is 0 Å². The Morgan fingerprint density at radius 2 is 2.19 bits per heavy atom. The van der Waals surface area contributed by atoms with Crippen LogP contribution in [0, 0.1) is 5.92 Å². The molecular formula is C14H21N3O4. The molecule has 0 saturated carbocycles. The lowest BCUT2D eigenvalue weighted by molar-refractivity contribution is -0.137. The second kappa shape index (κ2) is 7.78. The van der Waals surface area contributed by atoms with Crippen LogP contribution in [0.1, 0.15) is 32.1 Å². The van der Waals surface area contributed by atoms with Crippen LogP contribution in [0.5, 0.6) is 0 Å². The van der Waals surface area contributed by atoms with Crippen LogP contribution in [0.3, 0.4) is 0 Å². The van der Waals surface area contributed by atoms with Gasteiger partial charge in [0.1, 0.15) is 6.54 Å². The molecule has 0 aromatic carbocycles. The molecule has 0 spiro atoms. The van der Waals surface area contributed by atoms with Gasteiger partial charge in [-0.05, 0) is 31.6 Å². The van der Waals surface area contributed by atoms with Gasteiger partial charge in [-0.15, -0.1) is 0 Å². The number of carboxylic acids is 1. The first kappa shape index (κ1) is 15.5. The average Bonchev–Trinajstić information content (AvgIpc) is 2.86. The molecule has 7 nitrogen and oxygen atoms in total. The summed E-state index contributed by atoms with van der Waals surface area (Å²) in [6.45, 7) is 1.45. The predicted octanol–water partition coefficient (Wildman–Crippen LogP) is 1.50. The van der Waals surface area contributed by atoms with E-state index in [9.17, 15) is 9.59 Å². The number of nitrogens with zero attached hydrogens (tertiary/aromatic N) is 2. The molecule has 116 valence electrons. The van der Waals surface area contributed by atoms with Crippen molar-refractivity contribution >= 4 is 17.7 Å². The minimum Gasteiger partial charge on any atom is -0.480 e. The normalized spacial score (nSPS) is 15.8. The van der Waals surface area contributed by atoms with E-state index < -0.39 is 5.97 Å². The smallest absolute Gasteiger partial charge is 0.325 e. The maximum atomic E-state index is 11.8. The van der Waals surface area contributed by atoms with Crippen molar-refractivity contribution in [3.8, 4) is 0 Å². The summed E-state index contributed by atoms with van der Waals surface area (Å²) in [6.07, 6.45) is 6.06. The zero-order valence-electron chi connectivity index (χ0n) is 12.0. The Morgan fingerprint density at radius 1 is 1.43 bits per heavy atom. The minimum atomic E-state index is -0.965. The Hall–Kier alpha value is -1.89. The molecule has 0 radical (unpaired) electrons. The predicted molar refractivity (Wildman–Crippen MR) is 75.9 cm³/mol. The molecule has 0 atom stereocenters. The first-order valence-electron chi connectivity index (χ1n) is 7.26. The van der Waals surface area contributed by atoms with Crippen LogP contribution in [0.25, 0.3) is 0 Å². The van der Waals surface area contributed by atoms with Crippen LogP contribution in [0.4, 0.5) is 5.82 Å². The van der Waals surface area contributed by atoms with Crippen molar-refractivity contribution in [2.45, 2.75) is 38.6 Å². The zero-order valence-corrected chi connectivity index (χ0v) is 12.0. The number of amides is 1. The monoisotopic (exact) mass is 295 g/mol. The lowest BCUT2D eigenvalue weighted by atomic mass is 9.94. The van der Waals surface area contributed by atoms with Crippen molar-refractivity contribution in [2.24, 2.45) is 5.92 Å². The van der Waals surface area contributed by atoms with E-state index in [0.717, 1.165) is 38.9 Å². The van der Waals surface area contributed by atoms with Gasteiger partial charge in [-0.2, -0.15) is 5.10 Å². The molecule has 1 amide bonds. The van der Waals surface area contributed by atoms with E-state index in [1.807, 2.05) is 0 Å². The van der Waals surface area contributed by atoms with E-state index in [0.29, 0.717) is 18.2 Å². The van der Waals surface area contributed by atoms with E-state index >= 15 is 0 Å². The molecular weight excluding hydrogens is 274 g/mol. The van der Waals surface area contributed by atoms with Gasteiger partial charge >= 0.3 is 5.97 Å². The fourth-order valence-electron chi connectivity index (χ4n) is 2.45. The van der Waals surface area contributed by atoms with Gasteiger partial charge in [0, 0.05) is 31.9 Å². The molecule has 1 fully saturated rings. The molecule has 0 bridgehead atoms. The summed E-state index contributed by atoms with van der Waals surface area (Å²) in [4.78, 5) is 22.3. The van der Waals surface area contributed by atoms with Crippen molar-refractivity contribution < 1.29 is 19.4 Å². The van der Waals surface area contributed by atoms with Crippen molar-refractivity contribution in [3.63, 3.8) is 0 Å². The molecule has 7 heteroatoms. The summed E-state index contributed by atoms with van der Waals surface area (Å²) in [5.74, 6) is 0.0173. The maximum absolute atomic E-state index is 11.8. The topological polar surface area (TPSA) is 93.5 Å². The lowest BCUT2D eigenvalue weighted by Crippen LogP contribution is -2.17.